The molecule has 1 aromatic heterocycles. The lowest BCUT2D eigenvalue weighted by Crippen LogP contribution is -2.41. The number of aromatic carboxylic acids is 1. The van der Waals surface area contributed by atoms with E-state index in [9.17, 15) is 29.4 Å². The van der Waals surface area contributed by atoms with Crippen molar-refractivity contribution >= 4 is 35.6 Å². The van der Waals surface area contributed by atoms with Gasteiger partial charge >= 0.3 is 12.1 Å². The Morgan fingerprint density at radius 2 is 1.59 bits per heavy atom. The minimum Gasteiger partial charge on any atom is -0.478 e. The van der Waals surface area contributed by atoms with Crippen molar-refractivity contribution in [3.8, 4) is 11.1 Å². The molecule has 3 N–H and O–H groups in total. The summed E-state index contributed by atoms with van der Waals surface area (Å²) < 4.78 is 18.2. The zero-order chi connectivity index (χ0) is 39.0. The van der Waals surface area contributed by atoms with Gasteiger partial charge in [0.1, 0.15) is 17.7 Å². The van der Waals surface area contributed by atoms with E-state index in [1.807, 2.05) is 103 Å². The summed E-state index contributed by atoms with van der Waals surface area (Å²) in [6.45, 7) is 0.0313. The summed E-state index contributed by atoms with van der Waals surface area (Å²) in [5.74, 6) is -1.47. The highest BCUT2D eigenvalue weighted by Gasteiger charge is 2.40. The number of nitrogens with one attached hydrogen (secondary N) is 1. The second kappa shape index (κ2) is 17.7. The molecule has 56 heavy (non-hydrogen) atoms. The lowest BCUT2D eigenvalue weighted by molar-refractivity contribution is -0.245. The van der Waals surface area contributed by atoms with Crippen LogP contribution in [0.15, 0.2) is 126 Å². The summed E-state index contributed by atoms with van der Waals surface area (Å²) in [5, 5.41) is 22.1. The van der Waals surface area contributed by atoms with Crippen molar-refractivity contribution in [2.24, 2.45) is 0 Å². The van der Waals surface area contributed by atoms with Crippen molar-refractivity contribution in [1.82, 2.24) is 15.2 Å². The number of hydrogen-bond acceptors (Lipinski definition) is 10. The Kier molecular flexibility index (Phi) is 12.2. The van der Waals surface area contributed by atoms with E-state index in [4.69, 9.17) is 14.2 Å². The number of aliphatic hydroxyl groups is 1. The Balaban J connectivity index is 1.01. The Bertz CT molecular complexity index is 2180. The first kappa shape index (κ1) is 38.4. The van der Waals surface area contributed by atoms with Crippen LogP contribution in [0, 0.1) is 0 Å². The van der Waals surface area contributed by atoms with Crippen LogP contribution in [0.3, 0.4) is 0 Å². The minimum absolute atomic E-state index is 0.0456. The van der Waals surface area contributed by atoms with Crippen LogP contribution in [0.4, 0.5) is 4.79 Å². The number of imide groups is 1. The van der Waals surface area contributed by atoms with E-state index < -0.39 is 30.3 Å². The van der Waals surface area contributed by atoms with Crippen molar-refractivity contribution in [2.75, 3.05) is 5.75 Å². The number of nitrogens with zero attached hydrogens (tertiary/aromatic N) is 2. The van der Waals surface area contributed by atoms with E-state index in [0.717, 1.165) is 43.8 Å². The lowest BCUT2D eigenvalue weighted by atomic mass is 9.99. The van der Waals surface area contributed by atoms with E-state index in [2.05, 4.69) is 10.3 Å². The molecule has 3 amide bonds. The third-order valence-corrected chi connectivity index (χ3v) is 10.7. The number of amides is 3. The van der Waals surface area contributed by atoms with Gasteiger partial charge in [-0.1, -0.05) is 97.1 Å². The first-order valence-corrected chi connectivity index (χ1v) is 19.0. The predicted molar refractivity (Wildman–Crippen MR) is 206 cm³/mol. The van der Waals surface area contributed by atoms with Crippen LogP contribution in [-0.2, 0) is 43.6 Å². The van der Waals surface area contributed by atoms with E-state index in [-0.39, 0.29) is 49.9 Å². The maximum absolute atomic E-state index is 13.2. The molecule has 5 aromatic rings. The summed E-state index contributed by atoms with van der Waals surface area (Å²) in [4.78, 5) is 55.6. The van der Waals surface area contributed by atoms with Crippen LogP contribution in [0.2, 0.25) is 0 Å². The molecule has 0 bridgehead atoms. The topological polar surface area (TPSA) is 165 Å². The number of carboxylic acid groups (broad SMARTS) is 1. The molecule has 4 atom stereocenters. The van der Waals surface area contributed by atoms with Crippen molar-refractivity contribution in [3.05, 3.63) is 155 Å². The number of rotatable bonds is 13. The van der Waals surface area contributed by atoms with E-state index in [0.29, 0.717) is 17.2 Å². The molecule has 0 radical (unpaired) electrons. The first-order chi connectivity index (χ1) is 27.2. The summed E-state index contributed by atoms with van der Waals surface area (Å²) in [6.07, 6.45) is -0.158. The maximum Gasteiger partial charge on any atom is 0.408 e. The van der Waals surface area contributed by atoms with Gasteiger partial charge in [0, 0.05) is 23.9 Å². The number of pyridine rings is 1. The molecule has 1 unspecified atom stereocenters. The van der Waals surface area contributed by atoms with Gasteiger partial charge in [-0.2, -0.15) is 0 Å². The Morgan fingerprint density at radius 1 is 0.839 bits per heavy atom. The molecule has 0 spiro atoms. The number of carboxylic acids is 1. The van der Waals surface area contributed by atoms with Gasteiger partial charge in [0.15, 0.2) is 6.29 Å². The largest absolute Gasteiger partial charge is 0.478 e. The molecule has 3 heterocycles. The van der Waals surface area contributed by atoms with Crippen LogP contribution < -0.4 is 5.32 Å². The monoisotopic (exact) mass is 773 g/mol. The average Bonchev–Trinajstić information content (AvgIpc) is 3.49. The number of alkyl carbamates (subject to hydrolysis) is 1. The van der Waals surface area contributed by atoms with Gasteiger partial charge in [0.2, 0.25) is 5.91 Å². The van der Waals surface area contributed by atoms with Crippen molar-refractivity contribution in [1.29, 1.82) is 0 Å². The first-order valence-electron chi connectivity index (χ1n) is 18.1. The van der Waals surface area contributed by atoms with Crippen LogP contribution in [-0.4, -0.2) is 61.9 Å². The number of carbonyl (C=O) groups is 4. The molecule has 13 heteroatoms. The molecule has 0 aliphatic carbocycles. The highest BCUT2D eigenvalue weighted by atomic mass is 32.2. The third kappa shape index (κ3) is 9.32. The van der Waals surface area contributed by atoms with Gasteiger partial charge in [0.25, 0.3) is 5.91 Å². The van der Waals surface area contributed by atoms with Crippen molar-refractivity contribution < 1.29 is 43.6 Å². The molecular weight excluding hydrogens is 735 g/mol. The number of aromatic nitrogens is 1. The number of carbonyl (C=O) groups excluding carboxylic acids is 3. The van der Waals surface area contributed by atoms with E-state index in [1.54, 1.807) is 12.3 Å². The fraction of sp³-hybridized carbons (Fsp3) is 0.233. The van der Waals surface area contributed by atoms with Gasteiger partial charge in [-0.3, -0.25) is 14.5 Å². The van der Waals surface area contributed by atoms with Crippen LogP contribution >= 0.6 is 11.8 Å². The smallest absolute Gasteiger partial charge is 0.408 e. The lowest BCUT2D eigenvalue weighted by Gasteiger charge is -2.36. The fourth-order valence-electron chi connectivity index (χ4n) is 6.60. The SMILES string of the molecule is O=C(NC1CC(=O)N(Cc2cccc(-c3ccc([C@@H]4O[C@H](CSc5ncccc5C(=O)O)C[C@H](c5ccc(CO)cc5)O4)cc3)c2)C1=O)OCc1ccccc1. The molecular formula is C43H39N3O9S. The third-order valence-electron chi connectivity index (χ3n) is 9.56. The van der Waals surface area contributed by atoms with Gasteiger partial charge in [-0.25, -0.2) is 14.6 Å². The highest BCUT2D eigenvalue weighted by molar-refractivity contribution is 7.99. The summed E-state index contributed by atoms with van der Waals surface area (Å²) >= 11 is 1.32. The van der Waals surface area contributed by atoms with Gasteiger partial charge in [-0.05, 0) is 51.6 Å². The molecule has 2 saturated heterocycles. The summed E-state index contributed by atoms with van der Waals surface area (Å²) in [6, 6.07) is 34.2. The second-order valence-electron chi connectivity index (χ2n) is 13.4. The highest BCUT2D eigenvalue weighted by Crippen LogP contribution is 2.40. The number of aliphatic hydroxyl groups excluding tert-OH is 1. The molecule has 2 fully saturated rings. The van der Waals surface area contributed by atoms with Crippen molar-refractivity contribution in [3.63, 3.8) is 0 Å². The molecule has 286 valence electrons. The number of thioether (sulfide) groups is 1. The molecule has 12 nitrogen and oxygen atoms in total. The van der Waals surface area contributed by atoms with E-state index in [1.165, 1.54) is 17.8 Å². The fourth-order valence-corrected chi connectivity index (χ4v) is 7.60. The Morgan fingerprint density at radius 3 is 2.34 bits per heavy atom. The Hall–Kier alpha value is -5.86. The molecule has 7 rings (SSSR count). The van der Waals surface area contributed by atoms with E-state index >= 15 is 0 Å². The number of ether oxygens (including phenoxy) is 3. The standard InChI is InChI=1S/C43H39N3O9S/c47-24-27-11-13-31(14-12-27)37-21-34(26-56-39-35(41(50)51)10-5-19-44-39)54-42(55-37)32-17-15-30(16-18-32)33-9-4-8-29(20-33)23-46-38(48)22-36(40(46)49)45-43(52)53-25-28-6-2-1-3-7-28/h1-20,34,36-37,42,47H,21-26H2,(H,45,52)(H,50,51)/t34-,36?,37+,42+/m0/s1. The molecule has 4 aromatic carbocycles. The van der Waals surface area contributed by atoms with Crippen molar-refractivity contribution in [2.45, 2.75) is 62.2 Å². The number of likely N-dealkylation sites (tertiary alicyclic amines) is 1. The normalized spacial score (nSPS) is 19.5. The molecule has 2 aliphatic heterocycles. The zero-order valence-electron chi connectivity index (χ0n) is 30.2. The quantitative estimate of drug-likeness (QED) is 0.0849. The van der Waals surface area contributed by atoms with Gasteiger partial charge in [0.05, 0.1) is 37.3 Å². The molecule has 0 saturated carbocycles. The Labute approximate surface area is 327 Å². The summed E-state index contributed by atoms with van der Waals surface area (Å²) in [5.41, 5.74) is 5.96. The summed E-state index contributed by atoms with van der Waals surface area (Å²) in [7, 11) is 0. The maximum atomic E-state index is 13.2. The van der Waals surface area contributed by atoms with Gasteiger partial charge in [-0.15, -0.1) is 11.8 Å². The number of benzene rings is 4. The number of hydrogen-bond donors (Lipinski definition) is 3. The zero-order valence-corrected chi connectivity index (χ0v) is 31.0. The van der Waals surface area contributed by atoms with Crippen LogP contribution in [0.25, 0.3) is 11.1 Å². The second-order valence-corrected chi connectivity index (χ2v) is 14.4. The minimum atomic E-state index is -1.04. The predicted octanol–water partition coefficient (Wildman–Crippen LogP) is 6.83. The average molecular weight is 774 g/mol. The van der Waals surface area contributed by atoms with Gasteiger partial charge < -0.3 is 29.7 Å². The van der Waals surface area contributed by atoms with Crippen LogP contribution in [0.5, 0.6) is 0 Å². The molecule has 2 aliphatic rings. The van der Waals surface area contributed by atoms with Crippen LogP contribution in [0.1, 0.15) is 63.4 Å².